The van der Waals surface area contributed by atoms with Gasteiger partial charge in [-0.15, -0.1) is 0 Å². The van der Waals surface area contributed by atoms with Crippen LogP contribution in [0.1, 0.15) is 56.1 Å². The van der Waals surface area contributed by atoms with E-state index >= 15 is 0 Å². The van der Waals surface area contributed by atoms with Gasteiger partial charge in [-0.05, 0) is 85.0 Å². The zero-order valence-corrected chi connectivity index (χ0v) is 18.1. The molecule has 32 heavy (non-hydrogen) atoms. The highest BCUT2D eigenvalue weighted by atomic mass is 16.7. The summed E-state index contributed by atoms with van der Waals surface area (Å²) in [7, 11) is 0. The lowest BCUT2D eigenvalue weighted by Crippen LogP contribution is -2.61. The van der Waals surface area contributed by atoms with E-state index in [0.29, 0.717) is 23.5 Å². The van der Waals surface area contributed by atoms with Crippen molar-refractivity contribution in [2.75, 3.05) is 0 Å². The van der Waals surface area contributed by atoms with Crippen LogP contribution in [0.4, 0.5) is 0 Å². The van der Waals surface area contributed by atoms with Gasteiger partial charge in [-0.3, -0.25) is 0 Å². The Bertz CT molecular complexity index is 889. The largest absolute Gasteiger partial charge is 0.508 e. The fourth-order valence-corrected chi connectivity index (χ4v) is 7.07. The average molecular weight is 449 g/mol. The minimum Gasteiger partial charge on any atom is -0.508 e. The maximum absolute atomic E-state index is 11.4. The van der Waals surface area contributed by atoms with E-state index in [0.717, 1.165) is 38.5 Å². The molecule has 0 amide bonds. The van der Waals surface area contributed by atoms with Crippen LogP contribution < -0.4 is 0 Å². The van der Waals surface area contributed by atoms with Crippen LogP contribution in [0.15, 0.2) is 18.2 Å². The van der Waals surface area contributed by atoms with Crippen LogP contribution in [-0.4, -0.2) is 68.3 Å². The highest BCUT2D eigenvalue weighted by Crippen LogP contribution is 2.61. The van der Waals surface area contributed by atoms with Crippen molar-refractivity contribution in [1.82, 2.24) is 0 Å². The number of hydrogen-bond donors (Lipinski definition) is 5. The van der Waals surface area contributed by atoms with E-state index in [1.807, 2.05) is 6.07 Å². The monoisotopic (exact) mass is 448 g/mol. The number of carbonyl (C=O) groups is 1. The second-order valence-corrected chi connectivity index (χ2v) is 10.3. The summed E-state index contributed by atoms with van der Waals surface area (Å²) >= 11 is 0. The molecular weight excluding hydrogens is 416 g/mol. The van der Waals surface area contributed by atoms with Crippen molar-refractivity contribution in [2.24, 2.45) is 17.3 Å². The van der Waals surface area contributed by atoms with Crippen LogP contribution in [0.5, 0.6) is 5.75 Å². The quantitative estimate of drug-likeness (QED) is 0.470. The Morgan fingerprint density at radius 2 is 1.88 bits per heavy atom. The molecular formula is C24H32O8. The number of aliphatic hydroxyl groups is 3. The normalized spacial score (nSPS) is 45.6. The molecule has 176 valence electrons. The fraction of sp³-hybridized carbons (Fsp3) is 0.708. The molecule has 0 aromatic heterocycles. The summed E-state index contributed by atoms with van der Waals surface area (Å²) in [5, 5.41) is 49.6. The van der Waals surface area contributed by atoms with Gasteiger partial charge in [0.05, 0.1) is 6.10 Å². The van der Waals surface area contributed by atoms with E-state index < -0.39 is 36.7 Å². The van der Waals surface area contributed by atoms with Gasteiger partial charge in [0.25, 0.3) is 0 Å². The zero-order valence-electron chi connectivity index (χ0n) is 18.1. The van der Waals surface area contributed by atoms with Crippen molar-refractivity contribution in [3.63, 3.8) is 0 Å². The van der Waals surface area contributed by atoms with Crippen LogP contribution in [-0.2, 0) is 20.7 Å². The first-order chi connectivity index (χ1) is 15.2. The summed E-state index contributed by atoms with van der Waals surface area (Å²) in [5.74, 6) is 0.312. The highest BCUT2D eigenvalue weighted by Gasteiger charge is 2.57. The maximum atomic E-state index is 11.4. The smallest absolute Gasteiger partial charge is 0.335 e. The molecule has 5 N–H and O–H groups in total. The van der Waals surface area contributed by atoms with Gasteiger partial charge in [0.1, 0.15) is 24.1 Å². The topological polar surface area (TPSA) is 137 Å². The van der Waals surface area contributed by atoms with Crippen LogP contribution >= 0.6 is 0 Å². The number of hydrogen-bond acceptors (Lipinski definition) is 7. The van der Waals surface area contributed by atoms with Gasteiger partial charge >= 0.3 is 5.97 Å². The van der Waals surface area contributed by atoms with Gasteiger partial charge in [-0.25, -0.2) is 4.79 Å². The summed E-state index contributed by atoms with van der Waals surface area (Å²) in [6.45, 7) is 2.22. The first-order valence-corrected chi connectivity index (χ1v) is 11.6. The van der Waals surface area contributed by atoms with Crippen molar-refractivity contribution < 1.29 is 39.8 Å². The zero-order chi connectivity index (χ0) is 22.8. The molecule has 2 saturated carbocycles. The number of aliphatic carboxylic acids is 1. The molecule has 10 atom stereocenters. The number of carboxylic acids is 1. The summed E-state index contributed by atoms with van der Waals surface area (Å²) < 4.78 is 11.5. The molecule has 0 bridgehead atoms. The van der Waals surface area contributed by atoms with Crippen molar-refractivity contribution >= 4 is 5.97 Å². The Balaban J connectivity index is 1.34. The number of fused-ring (bicyclic) bond motifs is 5. The Labute approximate surface area is 186 Å². The second-order valence-electron chi connectivity index (χ2n) is 10.3. The summed E-state index contributed by atoms with van der Waals surface area (Å²) in [6, 6.07) is 5.73. The lowest BCUT2D eigenvalue weighted by atomic mass is 9.55. The van der Waals surface area contributed by atoms with E-state index in [9.17, 15) is 30.3 Å². The molecule has 1 saturated heterocycles. The third kappa shape index (κ3) is 3.35. The summed E-state index contributed by atoms with van der Waals surface area (Å²) in [6.07, 6.45) is -2.38. The lowest BCUT2D eigenvalue weighted by Gasteiger charge is -2.51. The third-order valence-corrected chi connectivity index (χ3v) is 8.73. The molecule has 0 unspecified atom stereocenters. The highest BCUT2D eigenvalue weighted by molar-refractivity contribution is 5.73. The van der Waals surface area contributed by atoms with Gasteiger partial charge in [-0.2, -0.15) is 0 Å². The molecule has 0 radical (unpaired) electrons. The molecule has 1 aromatic rings. The summed E-state index contributed by atoms with van der Waals surface area (Å²) in [5.41, 5.74) is 2.45. The molecule has 5 rings (SSSR count). The molecule has 8 heteroatoms. The first-order valence-electron chi connectivity index (χ1n) is 11.6. The molecule has 8 nitrogen and oxygen atoms in total. The Morgan fingerprint density at radius 3 is 2.62 bits per heavy atom. The van der Waals surface area contributed by atoms with E-state index in [1.165, 1.54) is 11.1 Å². The minimum absolute atomic E-state index is 0.140. The van der Waals surface area contributed by atoms with E-state index in [-0.39, 0.29) is 11.5 Å². The van der Waals surface area contributed by atoms with Gasteiger partial charge in [0.2, 0.25) is 0 Å². The predicted molar refractivity (Wildman–Crippen MR) is 112 cm³/mol. The fourth-order valence-electron chi connectivity index (χ4n) is 7.07. The van der Waals surface area contributed by atoms with Crippen LogP contribution in [0.2, 0.25) is 0 Å². The van der Waals surface area contributed by atoms with Gasteiger partial charge < -0.3 is 35.0 Å². The van der Waals surface area contributed by atoms with Gasteiger partial charge in [0.15, 0.2) is 12.4 Å². The van der Waals surface area contributed by atoms with E-state index in [2.05, 4.69) is 13.0 Å². The maximum Gasteiger partial charge on any atom is 0.335 e. The molecule has 1 heterocycles. The Morgan fingerprint density at radius 1 is 1.09 bits per heavy atom. The number of aliphatic hydroxyl groups excluding tert-OH is 3. The van der Waals surface area contributed by atoms with Gasteiger partial charge in [-0.1, -0.05) is 13.0 Å². The standard InChI is InChI=1S/C24H32O8/c1-24-9-8-14-13-5-3-12(25)10-11(13)2-4-15(14)16(24)6-7-17(24)31-23-20(28)18(26)19(27)21(32-23)22(29)30/h3,5,10,14-21,23,25-28H,2,4,6-9H2,1H3,(H,29,30)/t14-,15-,16+,17+,18+,19+,20-,21+,23-,24-/m1/s1. The lowest BCUT2D eigenvalue weighted by molar-refractivity contribution is -0.312. The number of aromatic hydroxyl groups is 1. The molecule has 1 aromatic carbocycles. The van der Waals surface area contributed by atoms with Crippen LogP contribution in [0.25, 0.3) is 0 Å². The molecule has 1 aliphatic heterocycles. The number of benzene rings is 1. The first kappa shape index (κ1) is 22.1. The van der Waals surface area contributed by atoms with E-state index in [4.69, 9.17) is 9.47 Å². The predicted octanol–water partition coefficient (Wildman–Crippen LogP) is 1.53. The van der Waals surface area contributed by atoms with Crippen LogP contribution in [0, 0.1) is 17.3 Å². The number of ether oxygens (including phenoxy) is 2. The molecule has 3 fully saturated rings. The Hall–Kier alpha value is -1.71. The molecule has 3 aliphatic carbocycles. The minimum atomic E-state index is -1.72. The van der Waals surface area contributed by atoms with Crippen molar-refractivity contribution in [3.8, 4) is 5.75 Å². The Kier molecular flexibility index (Phi) is 5.49. The van der Waals surface area contributed by atoms with Crippen molar-refractivity contribution in [3.05, 3.63) is 29.3 Å². The number of phenolic OH excluding ortho intramolecular Hbond substituents is 1. The summed E-state index contributed by atoms with van der Waals surface area (Å²) in [4.78, 5) is 11.4. The average Bonchev–Trinajstić information content (AvgIpc) is 3.09. The van der Waals surface area contributed by atoms with Gasteiger partial charge in [0, 0.05) is 0 Å². The third-order valence-electron chi connectivity index (χ3n) is 8.73. The SMILES string of the molecule is C[C@@]12CC[C@@H]3c4ccc(O)cc4CC[C@H]3[C@@H]1CC[C@@H]2O[C@@H]1O[C@H](C(=O)O)[C@@H](O)[C@H](O)[C@H]1O. The number of phenols is 1. The second kappa shape index (κ2) is 7.95. The van der Waals surface area contributed by atoms with Crippen LogP contribution in [0.3, 0.4) is 0 Å². The molecule has 0 spiro atoms. The van der Waals surface area contributed by atoms with E-state index in [1.54, 1.807) is 6.07 Å². The van der Waals surface area contributed by atoms with Crippen molar-refractivity contribution in [1.29, 1.82) is 0 Å². The molecule has 4 aliphatic rings. The number of aryl methyl sites for hydroxylation is 1. The number of carboxylic acid groups (broad SMARTS) is 1. The van der Waals surface area contributed by atoms with Crippen molar-refractivity contribution in [2.45, 2.75) is 88.2 Å². The number of rotatable bonds is 3.